The van der Waals surface area contributed by atoms with Gasteiger partial charge < -0.3 is 9.05 Å². The lowest BCUT2D eigenvalue weighted by atomic mass is 10.1. The molecule has 5 heteroatoms. The predicted octanol–water partition coefficient (Wildman–Crippen LogP) is 5.12. The Hall–Kier alpha value is -0.670. The van der Waals surface area contributed by atoms with E-state index in [1.807, 2.05) is 18.2 Å². The lowest BCUT2D eigenvalue weighted by Crippen LogP contribution is -2.22. The smallest absolute Gasteiger partial charge is 0.308 e. The van der Waals surface area contributed by atoms with Crippen molar-refractivity contribution in [1.82, 2.24) is 5.32 Å². The summed E-state index contributed by atoms with van der Waals surface area (Å²) in [5.74, 6) is 0. The molecule has 1 aromatic carbocycles. The van der Waals surface area contributed by atoms with E-state index in [2.05, 4.69) is 38.2 Å². The van der Waals surface area contributed by atoms with Crippen LogP contribution in [0.3, 0.4) is 0 Å². The minimum absolute atomic E-state index is 0.110. The molecule has 0 fully saturated rings. The van der Waals surface area contributed by atoms with Crippen LogP contribution in [-0.4, -0.2) is 19.5 Å². The minimum Gasteiger partial charge on any atom is -0.308 e. The van der Waals surface area contributed by atoms with Crippen LogP contribution in [0.2, 0.25) is 0 Å². The van der Waals surface area contributed by atoms with Crippen LogP contribution in [0.1, 0.15) is 58.1 Å². The van der Waals surface area contributed by atoms with Crippen LogP contribution in [0, 0.1) is 0 Å². The van der Waals surface area contributed by atoms with Crippen molar-refractivity contribution in [2.75, 3.05) is 19.5 Å². The molecule has 0 spiro atoms. The maximum absolute atomic E-state index is 12.8. The third-order valence-electron chi connectivity index (χ3n) is 3.46. The molecule has 1 atom stereocenters. The lowest BCUT2D eigenvalue weighted by molar-refractivity contribution is 0.197. The average Bonchev–Trinajstić information content (AvgIpc) is 2.54. The summed E-state index contributed by atoms with van der Waals surface area (Å²) in [4.78, 5) is 0. The standard InChI is InChI=1S/C17H30NO3P/c1-4-6-13-20-22(19,21-14-7-5-2)15-18-16(3)17-11-9-8-10-12-17/h8-12,16,18H,4-7,13-15H2,1-3H3/t16-/m0/s1. The van der Waals surface area contributed by atoms with Crippen LogP contribution >= 0.6 is 7.60 Å². The van der Waals surface area contributed by atoms with Crippen LogP contribution in [0.25, 0.3) is 0 Å². The zero-order valence-corrected chi connectivity index (χ0v) is 15.0. The van der Waals surface area contributed by atoms with Gasteiger partial charge in [-0.3, -0.25) is 9.88 Å². The Balaban J connectivity index is 2.53. The summed E-state index contributed by atoms with van der Waals surface area (Å²) in [6.45, 7) is 7.20. The maximum atomic E-state index is 12.8. The first-order chi connectivity index (χ1) is 10.6. The van der Waals surface area contributed by atoms with Crippen LogP contribution < -0.4 is 5.32 Å². The largest absolute Gasteiger partial charge is 0.344 e. The van der Waals surface area contributed by atoms with Gasteiger partial charge in [0.25, 0.3) is 0 Å². The molecular weight excluding hydrogens is 297 g/mol. The molecule has 126 valence electrons. The van der Waals surface area contributed by atoms with Crippen LogP contribution in [0.4, 0.5) is 0 Å². The molecule has 0 aliphatic rings. The highest BCUT2D eigenvalue weighted by Crippen LogP contribution is 2.47. The highest BCUT2D eigenvalue weighted by Gasteiger charge is 2.25. The van der Waals surface area contributed by atoms with Crippen molar-refractivity contribution in [3.05, 3.63) is 35.9 Å². The van der Waals surface area contributed by atoms with E-state index in [1.165, 1.54) is 0 Å². The number of rotatable bonds is 12. The molecule has 0 saturated carbocycles. The number of benzene rings is 1. The van der Waals surface area contributed by atoms with Crippen molar-refractivity contribution in [3.63, 3.8) is 0 Å². The second-order valence-electron chi connectivity index (χ2n) is 5.48. The second-order valence-corrected chi connectivity index (χ2v) is 7.53. The van der Waals surface area contributed by atoms with E-state index < -0.39 is 7.60 Å². The Labute approximate surface area is 135 Å². The van der Waals surface area contributed by atoms with Gasteiger partial charge in [0, 0.05) is 6.04 Å². The lowest BCUT2D eigenvalue weighted by Gasteiger charge is -2.21. The normalized spacial score (nSPS) is 13.2. The van der Waals surface area contributed by atoms with Gasteiger partial charge in [0.15, 0.2) is 0 Å². The molecule has 1 aromatic rings. The first-order valence-corrected chi connectivity index (χ1v) is 10.0. The monoisotopic (exact) mass is 327 g/mol. The van der Waals surface area contributed by atoms with Crippen molar-refractivity contribution in [2.45, 2.75) is 52.5 Å². The number of unbranched alkanes of at least 4 members (excludes halogenated alkanes) is 2. The van der Waals surface area contributed by atoms with Gasteiger partial charge in [0.1, 0.15) is 0 Å². The van der Waals surface area contributed by atoms with E-state index in [9.17, 15) is 4.57 Å². The van der Waals surface area contributed by atoms with Crippen LogP contribution in [0.5, 0.6) is 0 Å². The zero-order chi connectivity index (χ0) is 16.3. The topological polar surface area (TPSA) is 47.6 Å². The van der Waals surface area contributed by atoms with Crippen LogP contribution in [-0.2, 0) is 13.6 Å². The van der Waals surface area contributed by atoms with E-state index in [-0.39, 0.29) is 12.3 Å². The Morgan fingerprint density at radius 2 is 1.59 bits per heavy atom. The fourth-order valence-corrected chi connectivity index (χ4v) is 3.50. The first kappa shape index (κ1) is 19.4. The van der Waals surface area contributed by atoms with Crippen molar-refractivity contribution < 1.29 is 13.6 Å². The molecule has 0 aliphatic carbocycles. The zero-order valence-electron chi connectivity index (χ0n) is 14.1. The summed E-state index contributed by atoms with van der Waals surface area (Å²) in [7, 11) is -3.06. The van der Waals surface area contributed by atoms with Gasteiger partial charge >= 0.3 is 7.60 Å². The van der Waals surface area contributed by atoms with E-state index in [0.717, 1.165) is 31.2 Å². The quantitative estimate of drug-likeness (QED) is 0.427. The second kappa shape index (κ2) is 11.0. The summed E-state index contributed by atoms with van der Waals surface area (Å²) < 4.78 is 23.9. The summed E-state index contributed by atoms with van der Waals surface area (Å²) >= 11 is 0. The molecule has 0 heterocycles. The number of nitrogens with one attached hydrogen (secondary N) is 1. The van der Waals surface area contributed by atoms with Gasteiger partial charge in [-0.1, -0.05) is 57.0 Å². The van der Waals surface area contributed by atoms with E-state index in [0.29, 0.717) is 13.2 Å². The van der Waals surface area contributed by atoms with Crippen molar-refractivity contribution in [2.24, 2.45) is 0 Å². The molecule has 0 bridgehead atoms. The molecule has 0 aliphatic heterocycles. The molecule has 22 heavy (non-hydrogen) atoms. The SMILES string of the molecule is CCCCOP(=O)(CN[C@@H](C)c1ccccc1)OCCCC. The summed E-state index contributed by atoms with van der Waals surface area (Å²) in [5.41, 5.74) is 1.16. The van der Waals surface area contributed by atoms with Crippen molar-refractivity contribution in [1.29, 1.82) is 0 Å². The highest BCUT2D eigenvalue weighted by molar-refractivity contribution is 7.53. The van der Waals surface area contributed by atoms with E-state index in [1.54, 1.807) is 0 Å². The summed E-state index contributed by atoms with van der Waals surface area (Å²) in [6, 6.07) is 10.2. The molecule has 0 radical (unpaired) electrons. The van der Waals surface area contributed by atoms with Gasteiger partial charge in [-0.2, -0.15) is 0 Å². The minimum atomic E-state index is -3.06. The number of hydrogen-bond donors (Lipinski definition) is 1. The Morgan fingerprint density at radius 3 is 2.09 bits per heavy atom. The highest BCUT2D eigenvalue weighted by atomic mass is 31.2. The van der Waals surface area contributed by atoms with Gasteiger partial charge in [0.2, 0.25) is 0 Å². The van der Waals surface area contributed by atoms with E-state index in [4.69, 9.17) is 9.05 Å². The molecule has 0 saturated heterocycles. The Morgan fingerprint density at radius 1 is 1.05 bits per heavy atom. The Bertz CT molecular complexity index is 425. The van der Waals surface area contributed by atoms with Gasteiger partial charge in [-0.25, -0.2) is 0 Å². The molecule has 0 unspecified atom stereocenters. The van der Waals surface area contributed by atoms with Crippen molar-refractivity contribution in [3.8, 4) is 0 Å². The third kappa shape index (κ3) is 7.55. The van der Waals surface area contributed by atoms with Gasteiger partial charge in [-0.15, -0.1) is 0 Å². The molecular formula is C17H30NO3P. The fourth-order valence-electron chi connectivity index (χ4n) is 1.93. The predicted molar refractivity (Wildman–Crippen MR) is 92.2 cm³/mol. The molecule has 0 aromatic heterocycles. The molecule has 0 amide bonds. The van der Waals surface area contributed by atoms with Gasteiger partial charge in [0.05, 0.1) is 19.5 Å². The van der Waals surface area contributed by atoms with Gasteiger partial charge in [-0.05, 0) is 25.3 Å². The fraction of sp³-hybridized carbons (Fsp3) is 0.647. The van der Waals surface area contributed by atoms with Crippen LogP contribution in [0.15, 0.2) is 30.3 Å². The first-order valence-electron chi connectivity index (χ1n) is 8.27. The summed E-state index contributed by atoms with van der Waals surface area (Å²) in [6.07, 6.45) is 4.08. The third-order valence-corrected chi connectivity index (χ3v) is 5.18. The maximum Gasteiger partial charge on any atom is 0.344 e. The molecule has 1 rings (SSSR count). The Kier molecular flexibility index (Phi) is 9.65. The van der Waals surface area contributed by atoms with E-state index >= 15 is 0 Å². The molecule has 4 nitrogen and oxygen atoms in total. The summed E-state index contributed by atoms with van der Waals surface area (Å²) in [5, 5.41) is 3.28. The molecule has 1 N–H and O–H groups in total. The number of hydrogen-bond acceptors (Lipinski definition) is 4. The average molecular weight is 327 g/mol. The van der Waals surface area contributed by atoms with Crippen molar-refractivity contribution >= 4 is 7.60 Å².